The van der Waals surface area contributed by atoms with Crippen molar-refractivity contribution in [3.63, 3.8) is 0 Å². The standard InChI is InChI=1S/C17H21FN4O4S/c1-12-4-6-15(14(18)10-12)20-16-7-5-13(11-17(16)22(23)24)27(25,26)19-8-9-21(2)3/h4-7,10-11,19-20H,8-9H2,1-3H3/p+1. The highest BCUT2D eigenvalue weighted by Gasteiger charge is 2.22. The molecule has 10 heteroatoms. The second kappa shape index (κ2) is 8.42. The summed E-state index contributed by atoms with van der Waals surface area (Å²) in [6.45, 7) is 2.49. The molecule has 0 saturated carbocycles. The maximum Gasteiger partial charge on any atom is 0.294 e. The van der Waals surface area contributed by atoms with Crippen molar-refractivity contribution in [1.82, 2.24) is 4.72 Å². The predicted octanol–water partition coefficient (Wildman–Crippen LogP) is 1.21. The van der Waals surface area contributed by atoms with Crippen LogP contribution in [0.2, 0.25) is 0 Å². The van der Waals surface area contributed by atoms with Gasteiger partial charge in [0.25, 0.3) is 5.69 Å². The van der Waals surface area contributed by atoms with Gasteiger partial charge in [-0.2, -0.15) is 0 Å². The maximum absolute atomic E-state index is 14.0. The van der Waals surface area contributed by atoms with Crippen LogP contribution in [0.3, 0.4) is 0 Å². The lowest BCUT2D eigenvalue weighted by Gasteiger charge is -2.12. The SMILES string of the molecule is Cc1ccc(Nc2ccc(S(=O)(=O)NCC[NH+](C)C)cc2[N+](=O)[O-])c(F)c1. The smallest absolute Gasteiger partial charge is 0.294 e. The van der Waals surface area contributed by atoms with E-state index in [4.69, 9.17) is 0 Å². The predicted molar refractivity (Wildman–Crippen MR) is 100 cm³/mol. The highest BCUT2D eigenvalue weighted by molar-refractivity contribution is 7.89. The monoisotopic (exact) mass is 397 g/mol. The van der Waals surface area contributed by atoms with Gasteiger partial charge in [0.2, 0.25) is 10.0 Å². The molecule has 0 fully saturated rings. The molecule has 0 aromatic heterocycles. The molecule has 0 aliphatic heterocycles. The first kappa shape index (κ1) is 20.7. The van der Waals surface area contributed by atoms with E-state index in [1.165, 1.54) is 24.3 Å². The third-order valence-corrected chi connectivity index (χ3v) is 5.25. The van der Waals surface area contributed by atoms with Crippen LogP contribution in [0.5, 0.6) is 0 Å². The van der Waals surface area contributed by atoms with E-state index < -0.39 is 26.5 Å². The molecule has 0 aliphatic carbocycles. The number of aryl methyl sites for hydroxylation is 1. The number of likely N-dealkylation sites (N-methyl/N-ethyl adjacent to an activating group) is 1. The number of nitro benzene ring substituents is 1. The Bertz CT molecular complexity index is 948. The minimum absolute atomic E-state index is 0.000519. The zero-order chi connectivity index (χ0) is 20.2. The quantitative estimate of drug-likeness (QED) is 0.459. The number of hydrogen-bond acceptors (Lipinski definition) is 5. The lowest BCUT2D eigenvalue weighted by Crippen LogP contribution is -3.06. The molecule has 0 radical (unpaired) electrons. The van der Waals surface area contributed by atoms with Gasteiger partial charge in [-0.05, 0) is 36.8 Å². The fourth-order valence-corrected chi connectivity index (χ4v) is 3.37. The summed E-state index contributed by atoms with van der Waals surface area (Å²) in [5.41, 5.74) is 0.307. The van der Waals surface area contributed by atoms with Crippen molar-refractivity contribution in [3.05, 3.63) is 57.9 Å². The van der Waals surface area contributed by atoms with Crippen LogP contribution in [0, 0.1) is 22.9 Å². The zero-order valence-corrected chi connectivity index (χ0v) is 16.1. The summed E-state index contributed by atoms with van der Waals surface area (Å²) in [4.78, 5) is 11.5. The third-order valence-electron chi connectivity index (χ3n) is 3.79. The van der Waals surface area contributed by atoms with Crippen molar-refractivity contribution >= 4 is 27.1 Å². The molecular formula is C17H22FN4O4S+. The van der Waals surface area contributed by atoms with Crippen molar-refractivity contribution in [1.29, 1.82) is 0 Å². The molecule has 0 saturated heterocycles. The fourth-order valence-electron chi connectivity index (χ4n) is 2.32. The average molecular weight is 397 g/mol. The van der Waals surface area contributed by atoms with Gasteiger partial charge in [0.1, 0.15) is 11.5 Å². The van der Waals surface area contributed by atoms with Crippen molar-refractivity contribution in [2.45, 2.75) is 11.8 Å². The van der Waals surface area contributed by atoms with E-state index in [2.05, 4.69) is 10.0 Å². The van der Waals surface area contributed by atoms with E-state index in [0.717, 1.165) is 11.0 Å². The number of anilines is 2. The summed E-state index contributed by atoms with van der Waals surface area (Å²) in [5.74, 6) is -0.561. The first-order chi connectivity index (χ1) is 12.6. The van der Waals surface area contributed by atoms with Crippen LogP contribution in [0.15, 0.2) is 41.3 Å². The average Bonchev–Trinajstić information content (AvgIpc) is 2.56. The van der Waals surface area contributed by atoms with Crippen LogP contribution in [0.25, 0.3) is 0 Å². The number of halogens is 1. The molecule has 146 valence electrons. The Morgan fingerprint density at radius 3 is 2.41 bits per heavy atom. The van der Waals surface area contributed by atoms with E-state index >= 15 is 0 Å². The topological polar surface area (TPSA) is 106 Å². The van der Waals surface area contributed by atoms with Crippen LogP contribution in [-0.2, 0) is 10.0 Å². The zero-order valence-electron chi connectivity index (χ0n) is 15.2. The molecule has 0 aliphatic rings. The number of quaternary nitrogens is 1. The third kappa shape index (κ3) is 5.46. The lowest BCUT2D eigenvalue weighted by molar-refractivity contribution is -0.856. The van der Waals surface area contributed by atoms with E-state index in [1.807, 2.05) is 14.1 Å². The normalized spacial score (nSPS) is 11.6. The lowest BCUT2D eigenvalue weighted by atomic mass is 10.2. The number of sulfonamides is 1. The van der Waals surface area contributed by atoms with E-state index in [0.29, 0.717) is 12.1 Å². The summed E-state index contributed by atoms with van der Waals surface area (Å²) in [6, 6.07) is 7.87. The van der Waals surface area contributed by atoms with Crippen molar-refractivity contribution in [2.75, 3.05) is 32.5 Å². The van der Waals surface area contributed by atoms with Crippen molar-refractivity contribution < 1.29 is 22.6 Å². The van der Waals surface area contributed by atoms with Gasteiger partial charge in [-0.25, -0.2) is 17.5 Å². The molecule has 0 amide bonds. The Labute approximate surface area is 157 Å². The van der Waals surface area contributed by atoms with Gasteiger partial charge in [0.05, 0.1) is 42.7 Å². The van der Waals surface area contributed by atoms with Crippen molar-refractivity contribution in [3.8, 4) is 0 Å². The number of rotatable bonds is 8. The van der Waals surface area contributed by atoms with E-state index in [1.54, 1.807) is 13.0 Å². The summed E-state index contributed by atoms with van der Waals surface area (Å²) >= 11 is 0. The van der Waals surface area contributed by atoms with E-state index in [-0.39, 0.29) is 22.8 Å². The highest BCUT2D eigenvalue weighted by atomic mass is 32.2. The van der Waals surface area contributed by atoms with E-state index in [9.17, 15) is 22.9 Å². The number of hydrogen-bond donors (Lipinski definition) is 3. The van der Waals surface area contributed by atoms with Crippen LogP contribution < -0.4 is 14.9 Å². The van der Waals surface area contributed by atoms with Crippen LogP contribution in [0.1, 0.15) is 5.56 Å². The Hall–Kier alpha value is -2.56. The molecule has 3 N–H and O–H groups in total. The maximum atomic E-state index is 14.0. The summed E-state index contributed by atoms with van der Waals surface area (Å²) in [6.07, 6.45) is 0. The Morgan fingerprint density at radius 1 is 1.15 bits per heavy atom. The van der Waals surface area contributed by atoms with Gasteiger partial charge in [0, 0.05) is 6.07 Å². The fraction of sp³-hybridized carbons (Fsp3) is 0.294. The number of nitro groups is 1. The van der Waals surface area contributed by atoms with Crippen LogP contribution in [0.4, 0.5) is 21.5 Å². The first-order valence-electron chi connectivity index (χ1n) is 8.20. The number of benzene rings is 2. The Kier molecular flexibility index (Phi) is 6.47. The molecule has 2 aromatic carbocycles. The molecule has 8 nitrogen and oxygen atoms in total. The largest absolute Gasteiger partial charge is 0.348 e. The Morgan fingerprint density at radius 2 is 1.81 bits per heavy atom. The summed E-state index contributed by atoms with van der Waals surface area (Å²) < 4.78 is 41.1. The van der Waals surface area contributed by atoms with Gasteiger partial charge in [-0.3, -0.25) is 10.1 Å². The molecule has 0 bridgehead atoms. The molecular weight excluding hydrogens is 375 g/mol. The van der Waals surface area contributed by atoms with Gasteiger partial charge in [-0.15, -0.1) is 0 Å². The molecule has 0 spiro atoms. The van der Waals surface area contributed by atoms with Gasteiger partial charge < -0.3 is 10.2 Å². The van der Waals surface area contributed by atoms with Gasteiger partial charge in [-0.1, -0.05) is 6.07 Å². The van der Waals surface area contributed by atoms with Gasteiger partial charge in [0.15, 0.2) is 0 Å². The Balaban J connectivity index is 2.32. The minimum atomic E-state index is -3.88. The molecule has 2 aromatic rings. The molecule has 0 atom stereocenters. The second-order valence-corrected chi connectivity index (χ2v) is 8.17. The molecule has 0 heterocycles. The second-order valence-electron chi connectivity index (χ2n) is 6.40. The molecule has 0 unspecified atom stereocenters. The van der Waals surface area contributed by atoms with Crippen LogP contribution in [-0.4, -0.2) is 40.5 Å². The van der Waals surface area contributed by atoms with Crippen LogP contribution >= 0.6 is 0 Å². The first-order valence-corrected chi connectivity index (χ1v) is 9.69. The summed E-state index contributed by atoms with van der Waals surface area (Å²) in [7, 11) is -0.127. The molecule has 2 rings (SSSR count). The van der Waals surface area contributed by atoms with Gasteiger partial charge >= 0.3 is 0 Å². The summed E-state index contributed by atoms with van der Waals surface area (Å²) in [5, 5.41) is 14.0. The van der Waals surface area contributed by atoms with Crippen molar-refractivity contribution in [2.24, 2.45) is 0 Å². The minimum Gasteiger partial charge on any atom is -0.348 e. The number of nitrogens with zero attached hydrogens (tertiary/aromatic N) is 1. The highest BCUT2D eigenvalue weighted by Crippen LogP contribution is 2.31. The molecule has 27 heavy (non-hydrogen) atoms. The number of nitrogens with one attached hydrogen (secondary N) is 3.